The molecule has 0 aliphatic heterocycles. The molecule has 3 aromatic rings. The lowest BCUT2D eigenvalue weighted by atomic mass is 9.94. The van der Waals surface area contributed by atoms with Crippen LogP contribution in [0.4, 0.5) is 27.6 Å². The van der Waals surface area contributed by atoms with Gasteiger partial charge in [0.2, 0.25) is 12.8 Å². The second kappa shape index (κ2) is 19.0. The van der Waals surface area contributed by atoms with Crippen molar-refractivity contribution < 1.29 is 51.2 Å². The van der Waals surface area contributed by atoms with E-state index in [0.717, 1.165) is 27.2 Å². The predicted octanol–water partition coefficient (Wildman–Crippen LogP) is 3.90. The molecule has 0 radical (unpaired) electrons. The van der Waals surface area contributed by atoms with Crippen molar-refractivity contribution in [3.05, 3.63) is 87.8 Å². The van der Waals surface area contributed by atoms with Gasteiger partial charge in [-0.25, -0.2) is 8.78 Å². The van der Waals surface area contributed by atoms with Gasteiger partial charge < -0.3 is 34.5 Å². The number of carbonyl (C=O) groups excluding carboxylic acids is 2. The van der Waals surface area contributed by atoms with Crippen LogP contribution in [0.1, 0.15) is 30.4 Å². The third-order valence-electron chi connectivity index (χ3n) is 6.03. The average Bonchev–Trinajstić information content (AvgIpc) is 3.00. The van der Waals surface area contributed by atoms with Gasteiger partial charge in [-0.1, -0.05) is 24.6 Å². The van der Waals surface area contributed by atoms with Crippen LogP contribution < -0.4 is 25.2 Å². The molecule has 248 valence electrons. The molecule has 15 heteroatoms. The Kier molecular flexibility index (Phi) is 16.3. The number of nitrogens with one attached hydrogen (secondary N) is 1. The molecule has 2 unspecified atom stereocenters. The van der Waals surface area contributed by atoms with Gasteiger partial charge >= 0.3 is 6.36 Å². The first-order valence-corrected chi connectivity index (χ1v) is 13.4. The molecule has 3 N–H and O–H groups in total. The predicted molar refractivity (Wildman–Crippen MR) is 156 cm³/mol. The smallest absolute Gasteiger partial charge is 0.497 e. The summed E-state index contributed by atoms with van der Waals surface area (Å²) in [7, 11) is 2.86. The SMILES string of the molecule is CCC(CN(C=O)c1cccn(CC(O)CO)c1=O)c1c(F)cc(OC)cc1F.CNC=O.Cc1ccc(OC(F)(F)F)cc1. The van der Waals surface area contributed by atoms with Crippen molar-refractivity contribution in [3.63, 3.8) is 0 Å². The lowest BCUT2D eigenvalue weighted by molar-refractivity contribution is -0.274. The number of rotatable bonds is 12. The third-order valence-corrected chi connectivity index (χ3v) is 6.03. The molecule has 2 amide bonds. The van der Waals surface area contributed by atoms with E-state index in [2.05, 4.69) is 10.1 Å². The van der Waals surface area contributed by atoms with Gasteiger partial charge in [0.25, 0.3) is 5.56 Å². The van der Waals surface area contributed by atoms with Gasteiger partial charge in [0, 0.05) is 43.4 Å². The zero-order chi connectivity index (χ0) is 34.2. The molecule has 0 fully saturated rings. The molecule has 1 aromatic heterocycles. The van der Waals surface area contributed by atoms with Crippen LogP contribution in [0.3, 0.4) is 0 Å². The Balaban J connectivity index is 0.000000520. The highest BCUT2D eigenvalue weighted by Crippen LogP contribution is 2.30. The molecule has 45 heavy (non-hydrogen) atoms. The fourth-order valence-electron chi connectivity index (χ4n) is 3.84. The quantitative estimate of drug-likeness (QED) is 0.201. The fourth-order valence-corrected chi connectivity index (χ4v) is 3.84. The number of nitrogens with zero attached hydrogens (tertiary/aromatic N) is 2. The van der Waals surface area contributed by atoms with Crippen molar-refractivity contribution in [2.24, 2.45) is 0 Å². The minimum atomic E-state index is -4.60. The highest BCUT2D eigenvalue weighted by Gasteiger charge is 2.31. The number of ether oxygens (including phenoxy) is 2. The van der Waals surface area contributed by atoms with Crippen LogP contribution in [0, 0.1) is 18.6 Å². The van der Waals surface area contributed by atoms with Crippen LogP contribution in [0.5, 0.6) is 11.5 Å². The topological polar surface area (TPSA) is 130 Å². The summed E-state index contributed by atoms with van der Waals surface area (Å²) < 4.78 is 73.5. The summed E-state index contributed by atoms with van der Waals surface area (Å²) in [5, 5.41) is 20.8. The first-order valence-electron chi connectivity index (χ1n) is 13.4. The van der Waals surface area contributed by atoms with E-state index in [-0.39, 0.29) is 35.8 Å². The number of alkyl halides is 3. The van der Waals surface area contributed by atoms with Crippen LogP contribution in [0.15, 0.2) is 59.5 Å². The van der Waals surface area contributed by atoms with Crippen molar-refractivity contribution >= 4 is 18.5 Å². The Bertz CT molecular complexity index is 1380. The summed E-state index contributed by atoms with van der Waals surface area (Å²) >= 11 is 0. The van der Waals surface area contributed by atoms with E-state index >= 15 is 0 Å². The van der Waals surface area contributed by atoms with E-state index in [1.54, 1.807) is 33.0 Å². The van der Waals surface area contributed by atoms with Crippen molar-refractivity contribution in [2.45, 2.75) is 45.2 Å². The normalized spacial score (nSPS) is 11.9. The molecule has 1 heterocycles. The minimum Gasteiger partial charge on any atom is -0.497 e. The van der Waals surface area contributed by atoms with E-state index in [4.69, 9.17) is 14.6 Å². The first kappa shape index (κ1) is 38.5. The summed E-state index contributed by atoms with van der Waals surface area (Å²) in [5.74, 6) is -2.44. The van der Waals surface area contributed by atoms with Gasteiger partial charge in [-0.3, -0.25) is 14.4 Å². The summed E-state index contributed by atoms with van der Waals surface area (Å²) in [6.07, 6.45) is -2.97. The fraction of sp³-hybridized carbons (Fsp3) is 0.367. The molecule has 2 aromatic carbocycles. The van der Waals surface area contributed by atoms with Crippen molar-refractivity contribution in [2.75, 3.05) is 32.2 Å². The summed E-state index contributed by atoms with van der Waals surface area (Å²) in [6.45, 7) is 2.70. The summed E-state index contributed by atoms with van der Waals surface area (Å²) in [5.41, 5.74) is 0.134. The van der Waals surface area contributed by atoms with E-state index in [1.165, 1.54) is 37.6 Å². The Morgan fingerprint density at radius 3 is 2.09 bits per heavy atom. The zero-order valence-electron chi connectivity index (χ0n) is 25.1. The van der Waals surface area contributed by atoms with E-state index in [9.17, 15) is 36.6 Å². The third kappa shape index (κ3) is 12.9. The number of aryl methyl sites for hydroxylation is 1. The van der Waals surface area contributed by atoms with Crippen molar-refractivity contribution in [1.29, 1.82) is 0 Å². The van der Waals surface area contributed by atoms with Crippen LogP contribution in [-0.2, 0) is 16.1 Å². The number of hydrogen-bond donors (Lipinski definition) is 3. The van der Waals surface area contributed by atoms with Gasteiger partial charge in [-0.15, -0.1) is 13.2 Å². The number of benzene rings is 2. The number of aliphatic hydroxyl groups is 2. The maximum absolute atomic E-state index is 14.5. The van der Waals surface area contributed by atoms with Gasteiger partial charge in [0.15, 0.2) is 0 Å². The molecule has 0 saturated carbocycles. The van der Waals surface area contributed by atoms with Gasteiger partial charge in [0.1, 0.15) is 28.8 Å². The van der Waals surface area contributed by atoms with Crippen LogP contribution in [0.2, 0.25) is 0 Å². The van der Waals surface area contributed by atoms with Crippen LogP contribution in [-0.4, -0.2) is 67.4 Å². The summed E-state index contributed by atoms with van der Waals surface area (Å²) in [4.78, 5) is 34.5. The van der Waals surface area contributed by atoms with Gasteiger partial charge in [-0.05, 0) is 37.6 Å². The number of methoxy groups -OCH3 is 1. The maximum Gasteiger partial charge on any atom is 0.573 e. The second-order valence-electron chi connectivity index (χ2n) is 9.32. The van der Waals surface area contributed by atoms with E-state index in [0.29, 0.717) is 19.2 Å². The first-order chi connectivity index (χ1) is 21.2. The molecule has 0 saturated heterocycles. The molecule has 0 bridgehead atoms. The maximum atomic E-state index is 14.5. The number of hydrogen-bond acceptors (Lipinski definition) is 7. The Hall–Kier alpha value is -4.50. The Morgan fingerprint density at radius 2 is 1.64 bits per heavy atom. The monoisotopic (exact) mass is 645 g/mol. The largest absolute Gasteiger partial charge is 0.573 e. The highest BCUT2D eigenvalue weighted by molar-refractivity contribution is 5.74. The summed E-state index contributed by atoms with van der Waals surface area (Å²) in [6, 6.07) is 10.7. The number of aromatic nitrogens is 1. The van der Waals surface area contributed by atoms with Gasteiger partial charge in [-0.2, -0.15) is 0 Å². The molecular formula is C30H36F5N3O7. The zero-order valence-corrected chi connectivity index (χ0v) is 25.1. The Morgan fingerprint density at radius 1 is 1.07 bits per heavy atom. The standard InChI is InChI=1S/C20H24F2N2O5.C8H7F3O.C2H5NO/c1-3-13(19-16(21)7-15(29-2)8-17(19)22)9-24(12-26)18-5-4-6-23(20(18)28)10-14(27)11-25;1-6-2-4-7(5-3-6)12-8(9,10)11;1-3-2-4/h4-8,12-14,25,27H,3,9-11H2,1-2H3;2-5H,1H3;2H,1H3,(H,3,4). The van der Waals surface area contributed by atoms with Crippen molar-refractivity contribution in [3.8, 4) is 11.5 Å². The van der Waals surface area contributed by atoms with Crippen molar-refractivity contribution in [1.82, 2.24) is 9.88 Å². The lowest BCUT2D eigenvalue weighted by Gasteiger charge is -2.25. The average molecular weight is 646 g/mol. The molecular weight excluding hydrogens is 609 g/mol. The number of anilines is 1. The number of amides is 2. The second-order valence-corrected chi connectivity index (χ2v) is 9.32. The molecule has 2 atom stereocenters. The minimum absolute atomic E-state index is 0.000387. The van der Waals surface area contributed by atoms with Crippen LogP contribution >= 0.6 is 0 Å². The van der Waals surface area contributed by atoms with Crippen LogP contribution in [0.25, 0.3) is 0 Å². The number of pyridine rings is 1. The van der Waals surface area contributed by atoms with E-state index in [1.807, 2.05) is 0 Å². The molecule has 0 aliphatic rings. The molecule has 0 spiro atoms. The number of aliphatic hydroxyl groups excluding tert-OH is 2. The van der Waals surface area contributed by atoms with E-state index < -0.39 is 42.2 Å². The molecule has 10 nitrogen and oxygen atoms in total. The molecule has 3 rings (SSSR count). The molecule has 0 aliphatic carbocycles. The number of carbonyl (C=O) groups is 2. The highest BCUT2D eigenvalue weighted by atomic mass is 19.4. The Labute approximate surface area is 256 Å². The van der Waals surface area contributed by atoms with Gasteiger partial charge in [0.05, 0.1) is 26.4 Å². The number of halogens is 5. The lowest BCUT2D eigenvalue weighted by Crippen LogP contribution is -2.36.